The number of thiazole rings is 1. The largest absolute Gasteiger partial charge is 0.385 e. The fourth-order valence-electron chi connectivity index (χ4n) is 2.45. The van der Waals surface area contributed by atoms with E-state index < -0.39 is 5.60 Å². The van der Waals surface area contributed by atoms with Crippen LogP contribution in [0.25, 0.3) is 0 Å². The maximum atomic E-state index is 9.91. The molecule has 0 aliphatic carbocycles. The Kier molecular flexibility index (Phi) is 4.41. The normalized spacial score (nSPS) is 22.3. The van der Waals surface area contributed by atoms with E-state index in [1.807, 2.05) is 20.0 Å². The second-order valence-electron chi connectivity index (χ2n) is 5.98. The minimum atomic E-state index is -0.754. The van der Waals surface area contributed by atoms with E-state index in [0.717, 1.165) is 28.8 Å². The molecule has 0 bridgehead atoms. The first-order chi connectivity index (χ1) is 8.45. The van der Waals surface area contributed by atoms with Gasteiger partial charge < -0.3 is 10.0 Å². The number of aliphatic hydroxyl groups is 1. The molecule has 0 saturated carbocycles. The molecule has 1 fully saturated rings. The van der Waals surface area contributed by atoms with Gasteiger partial charge in [-0.05, 0) is 39.2 Å². The molecule has 1 aliphatic heterocycles. The third-order valence-corrected chi connectivity index (χ3v) is 4.91. The molecule has 0 spiro atoms. The van der Waals surface area contributed by atoms with Gasteiger partial charge >= 0.3 is 0 Å². The van der Waals surface area contributed by atoms with Gasteiger partial charge in [-0.15, -0.1) is 11.3 Å². The highest BCUT2D eigenvalue weighted by Gasteiger charge is 2.20. The Balaban J connectivity index is 1.85. The van der Waals surface area contributed by atoms with Gasteiger partial charge in [-0.2, -0.15) is 0 Å². The van der Waals surface area contributed by atoms with Crippen molar-refractivity contribution in [2.45, 2.75) is 45.6 Å². The van der Waals surface area contributed by atoms with Crippen molar-refractivity contribution >= 4 is 11.3 Å². The highest BCUT2D eigenvalue weighted by molar-refractivity contribution is 7.11. The Bertz CT molecular complexity index is 383. The van der Waals surface area contributed by atoms with E-state index in [0.29, 0.717) is 0 Å². The van der Waals surface area contributed by atoms with Crippen molar-refractivity contribution < 1.29 is 5.11 Å². The van der Waals surface area contributed by atoms with Crippen LogP contribution >= 0.6 is 11.3 Å². The third kappa shape index (κ3) is 3.77. The van der Waals surface area contributed by atoms with Crippen LogP contribution in [-0.2, 0) is 12.0 Å². The molecule has 1 aliphatic rings. The van der Waals surface area contributed by atoms with Crippen LogP contribution < -0.4 is 0 Å². The van der Waals surface area contributed by atoms with Crippen LogP contribution in [0.1, 0.15) is 43.5 Å². The van der Waals surface area contributed by atoms with Crippen LogP contribution in [0.5, 0.6) is 0 Å². The van der Waals surface area contributed by atoms with Crippen molar-refractivity contribution in [2.75, 3.05) is 19.6 Å². The van der Waals surface area contributed by atoms with E-state index in [2.05, 4.69) is 16.8 Å². The molecule has 0 aromatic carbocycles. The lowest BCUT2D eigenvalue weighted by Crippen LogP contribution is -2.35. The minimum absolute atomic E-state index is 0.754. The van der Waals surface area contributed by atoms with Gasteiger partial charge in [0.1, 0.15) is 0 Å². The van der Waals surface area contributed by atoms with E-state index in [-0.39, 0.29) is 0 Å². The molecule has 2 heterocycles. The van der Waals surface area contributed by atoms with Gasteiger partial charge in [0.2, 0.25) is 0 Å². The van der Waals surface area contributed by atoms with Crippen LogP contribution in [0.4, 0.5) is 0 Å². The molecule has 1 saturated heterocycles. The van der Waals surface area contributed by atoms with Crippen molar-refractivity contribution in [1.29, 1.82) is 0 Å². The number of likely N-dealkylation sites (tertiary alicyclic amines) is 1. The molecule has 1 unspecified atom stereocenters. The number of hydrogen-bond acceptors (Lipinski definition) is 4. The first kappa shape index (κ1) is 14.0. The lowest BCUT2D eigenvalue weighted by atomic mass is 10.0. The second kappa shape index (κ2) is 5.68. The van der Waals surface area contributed by atoms with Crippen LogP contribution in [0.2, 0.25) is 0 Å². The Labute approximate surface area is 114 Å². The monoisotopic (exact) mass is 268 g/mol. The van der Waals surface area contributed by atoms with Gasteiger partial charge in [0.15, 0.2) is 0 Å². The third-order valence-electron chi connectivity index (χ3n) is 3.54. The van der Waals surface area contributed by atoms with Gasteiger partial charge in [-0.3, -0.25) is 0 Å². The summed E-state index contributed by atoms with van der Waals surface area (Å²) in [4.78, 5) is 7.92. The Morgan fingerprint density at radius 1 is 1.56 bits per heavy atom. The molecular weight excluding hydrogens is 244 g/mol. The van der Waals surface area contributed by atoms with Gasteiger partial charge in [0.05, 0.1) is 15.5 Å². The summed E-state index contributed by atoms with van der Waals surface area (Å²) >= 11 is 1.64. The molecular formula is C14H24N2OS. The van der Waals surface area contributed by atoms with E-state index in [1.54, 1.807) is 11.3 Å². The average molecular weight is 268 g/mol. The Hall–Kier alpha value is -0.450. The van der Waals surface area contributed by atoms with Crippen molar-refractivity contribution in [2.24, 2.45) is 5.92 Å². The number of nitrogens with zero attached hydrogens (tertiary/aromatic N) is 2. The Morgan fingerprint density at radius 2 is 2.33 bits per heavy atom. The number of piperidine rings is 1. The summed E-state index contributed by atoms with van der Waals surface area (Å²) in [7, 11) is 0. The predicted octanol–water partition coefficient (Wildman–Crippen LogP) is 2.64. The highest BCUT2D eigenvalue weighted by Crippen LogP contribution is 2.26. The summed E-state index contributed by atoms with van der Waals surface area (Å²) in [6.45, 7) is 9.52. The molecule has 18 heavy (non-hydrogen) atoms. The van der Waals surface area contributed by atoms with Crippen molar-refractivity contribution in [1.82, 2.24) is 9.88 Å². The van der Waals surface area contributed by atoms with Crippen molar-refractivity contribution in [3.05, 3.63) is 16.1 Å². The van der Waals surface area contributed by atoms with E-state index in [1.165, 1.54) is 25.9 Å². The summed E-state index contributed by atoms with van der Waals surface area (Å²) in [5.74, 6) is 0.835. The average Bonchev–Trinajstić information content (AvgIpc) is 2.74. The summed E-state index contributed by atoms with van der Waals surface area (Å²) in [6, 6.07) is 0. The fourth-order valence-corrected chi connectivity index (χ4v) is 3.36. The number of hydrogen-bond donors (Lipinski definition) is 1. The van der Waals surface area contributed by atoms with Crippen LogP contribution in [-0.4, -0.2) is 34.6 Å². The predicted molar refractivity (Wildman–Crippen MR) is 75.9 cm³/mol. The summed E-state index contributed by atoms with van der Waals surface area (Å²) in [5.41, 5.74) is -0.754. The number of aromatic nitrogens is 1. The topological polar surface area (TPSA) is 36.4 Å². The standard InChI is InChI=1S/C14H24N2OS/c1-11-5-4-7-16(10-11)8-6-13-15-9-12(18-13)14(2,3)17/h9,11,17H,4-8,10H2,1-3H3. The molecule has 1 N–H and O–H groups in total. The first-order valence-electron chi connectivity index (χ1n) is 6.85. The number of rotatable bonds is 4. The second-order valence-corrected chi connectivity index (χ2v) is 7.09. The van der Waals surface area contributed by atoms with Gasteiger partial charge in [0.25, 0.3) is 0 Å². The molecule has 0 amide bonds. The zero-order valence-corrected chi connectivity index (χ0v) is 12.5. The maximum Gasteiger partial charge on any atom is 0.0948 e. The van der Waals surface area contributed by atoms with E-state index >= 15 is 0 Å². The van der Waals surface area contributed by atoms with Gasteiger partial charge in [0, 0.05) is 25.7 Å². The molecule has 4 heteroatoms. The first-order valence-corrected chi connectivity index (χ1v) is 7.66. The molecule has 2 rings (SSSR count). The molecule has 3 nitrogen and oxygen atoms in total. The molecule has 1 aromatic heterocycles. The van der Waals surface area contributed by atoms with Crippen LogP contribution in [0.15, 0.2) is 6.20 Å². The lowest BCUT2D eigenvalue weighted by Gasteiger charge is -2.30. The quantitative estimate of drug-likeness (QED) is 0.912. The summed E-state index contributed by atoms with van der Waals surface area (Å²) in [6.07, 6.45) is 5.52. The fraction of sp³-hybridized carbons (Fsp3) is 0.786. The smallest absolute Gasteiger partial charge is 0.0948 e. The maximum absolute atomic E-state index is 9.91. The van der Waals surface area contributed by atoms with Crippen molar-refractivity contribution in [3.8, 4) is 0 Å². The van der Waals surface area contributed by atoms with E-state index in [9.17, 15) is 5.11 Å². The van der Waals surface area contributed by atoms with Gasteiger partial charge in [-0.1, -0.05) is 6.92 Å². The molecule has 0 radical (unpaired) electrons. The van der Waals surface area contributed by atoms with Gasteiger partial charge in [-0.25, -0.2) is 4.98 Å². The van der Waals surface area contributed by atoms with Crippen molar-refractivity contribution in [3.63, 3.8) is 0 Å². The van der Waals surface area contributed by atoms with Crippen LogP contribution in [0, 0.1) is 5.92 Å². The molecule has 1 atom stereocenters. The SMILES string of the molecule is CC1CCCN(CCc2ncc(C(C)(C)O)s2)C1. The summed E-state index contributed by atoms with van der Waals surface area (Å²) < 4.78 is 0. The molecule has 102 valence electrons. The lowest BCUT2D eigenvalue weighted by molar-refractivity contribution is 0.0823. The zero-order chi connectivity index (χ0) is 13.2. The molecule has 1 aromatic rings. The Morgan fingerprint density at radius 3 is 2.94 bits per heavy atom. The minimum Gasteiger partial charge on any atom is -0.385 e. The van der Waals surface area contributed by atoms with E-state index in [4.69, 9.17) is 0 Å². The summed E-state index contributed by atoms with van der Waals surface area (Å²) in [5, 5.41) is 11.1. The highest BCUT2D eigenvalue weighted by atomic mass is 32.1. The van der Waals surface area contributed by atoms with Crippen LogP contribution in [0.3, 0.4) is 0 Å². The zero-order valence-electron chi connectivity index (χ0n) is 11.6.